The second-order valence-corrected chi connectivity index (χ2v) is 16.1. The van der Waals surface area contributed by atoms with E-state index < -0.39 is 6.10 Å². The summed E-state index contributed by atoms with van der Waals surface area (Å²) in [4.78, 5) is 29.4. The van der Waals surface area contributed by atoms with Crippen LogP contribution >= 0.6 is 0 Å². The molecule has 308 valence electrons. The van der Waals surface area contributed by atoms with E-state index in [-0.39, 0.29) is 18.5 Å². The van der Waals surface area contributed by atoms with Gasteiger partial charge in [0.2, 0.25) is 0 Å². The van der Waals surface area contributed by atoms with Gasteiger partial charge in [-0.1, -0.05) is 168 Å². The largest absolute Gasteiger partial charge is 0.466 e. The molecule has 0 aromatic heterocycles. The minimum absolute atomic E-state index is 0.0496. The number of hydrogen-bond acceptors (Lipinski definition) is 7. The summed E-state index contributed by atoms with van der Waals surface area (Å²) in [6, 6.07) is 0. The van der Waals surface area contributed by atoms with Crippen LogP contribution in [0.15, 0.2) is 0 Å². The minimum Gasteiger partial charge on any atom is -0.466 e. The molecule has 1 aliphatic heterocycles. The van der Waals surface area contributed by atoms with Gasteiger partial charge in [-0.05, 0) is 64.7 Å². The standard InChI is InChI=1S/C45H88N2O5/c1-3-5-7-9-11-13-15-17-19-21-23-25-27-33-44(49)51-40-32-39-47(38-31-37-46-35-29-30-36-46)41-43(48)42-52-45(50)34-28-26-24-22-20-18-16-14-12-10-8-6-4-2/h43,48H,3-42H2,1-2H3. The van der Waals surface area contributed by atoms with Gasteiger partial charge < -0.3 is 24.4 Å². The number of carbonyl (C=O) groups is 2. The maximum atomic E-state index is 12.3. The zero-order valence-electron chi connectivity index (χ0n) is 34.8. The van der Waals surface area contributed by atoms with E-state index in [2.05, 4.69) is 23.6 Å². The average molecular weight is 737 g/mol. The van der Waals surface area contributed by atoms with Crippen LogP contribution in [0.1, 0.15) is 219 Å². The summed E-state index contributed by atoms with van der Waals surface area (Å²) in [6.07, 6.45) is 38.2. The van der Waals surface area contributed by atoms with E-state index in [4.69, 9.17) is 9.47 Å². The highest BCUT2D eigenvalue weighted by atomic mass is 16.5. The van der Waals surface area contributed by atoms with Gasteiger partial charge in [0.05, 0.1) is 6.61 Å². The normalized spacial score (nSPS) is 14.0. The van der Waals surface area contributed by atoms with Gasteiger partial charge in [-0.25, -0.2) is 0 Å². The van der Waals surface area contributed by atoms with E-state index in [1.54, 1.807) is 0 Å². The smallest absolute Gasteiger partial charge is 0.305 e. The maximum absolute atomic E-state index is 12.3. The highest BCUT2D eigenvalue weighted by molar-refractivity contribution is 5.69. The number of carbonyl (C=O) groups excluding carboxylic acids is 2. The van der Waals surface area contributed by atoms with Crippen LogP contribution in [-0.4, -0.2) is 85.4 Å². The van der Waals surface area contributed by atoms with Crippen molar-refractivity contribution in [2.75, 3.05) is 52.5 Å². The lowest BCUT2D eigenvalue weighted by Crippen LogP contribution is -2.38. The fourth-order valence-corrected chi connectivity index (χ4v) is 7.55. The van der Waals surface area contributed by atoms with Crippen LogP contribution in [0.3, 0.4) is 0 Å². The highest BCUT2D eigenvalue weighted by Gasteiger charge is 2.16. The van der Waals surface area contributed by atoms with Crippen LogP contribution in [0.2, 0.25) is 0 Å². The molecule has 1 aliphatic rings. The third kappa shape index (κ3) is 33.4. The van der Waals surface area contributed by atoms with Crippen molar-refractivity contribution in [3.63, 3.8) is 0 Å². The Hall–Kier alpha value is -1.18. The van der Waals surface area contributed by atoms with Gasteiger partial charge in [-0.15, -0.1) is 0 Å². The fourth-order valence-electron chi connectivity index (χ4n) is 7.55. The molecule has 1 N–H and O–H groups in total. The molecule has 7 heteroatoms. The SMILES string of the molecule is CCCCCCCCCCCCCCCC(=O)OCCCN(CCCN1CCCC1)CC(O)COC(=O)CCCCCCCCCCCCCCC. The van der Waals surface area contributed by atoms with Crippen molar-refractivity contribution in [2.45, 2.75) is 225 Å². The monoisotopic (exact) mass is 737 g/mol. The van der Waals surface area contributed by atoms with Gasteiger partial charge in [0.1, 0.15) is 12.7 Å². The molecule has 52 heavy (non-hydrogen) atoms. The molecule has 1 unspecified atom stereocenters. The molecule has 0 aliphatic carbocycles. The Labute approximate surface area is 323 Å². The first-order chi connectivity index (χ1) is 25.5. The predicted octanol–water partition coefficient (Wildman–Crippen LogP) is 11.6. The Morgan fingerprint density at radius 2 is 0.923 bits per heavy atom. The molecule has 0 spiro atoms. The molecular weight excluding hydrogens is 649 g/mol. The van der Waals surface area contributed by atoms with Gasteiger partial charge in [0.25, 0.3) is 0 Å². The third-order valence-electron chi connectivity index (χ3n) is 10.9. The number of nitrogens with zero attached hydrogens (tertiary/aromatic N) is 2. The van der Waals surface area contributed by atoms with Crippen LogP contribution in [0.4, 0.5) is 0 Å². The zero-order chi connectivity index (χ0) is 37.6. The summed E-state index contributed by atoms with van der Waals surface area (Å²) < 4.78 is 11.0. The topological polar surface area (TPSA) is 79.3 Å². The lowest BCUT2D eigenvalue weighted by atomic mass is 10.0. The molecular formula is C45H88N2O5. The van der Waals surface area contributed by atoms with Crippen LogP contribution in [0, 0.1) is 0 Å². The number of aliphatic hydroxyl groups excluding tert-OH is 1. The van der Waals surface area contributed by atoms with Crippen molar-refractivity contribution in [1.29, 1.82) is 0 Å². The van der Waals surface area contributed by atoms with Gasteiger partial charge in [0, 0.05) is 25.9 Å². The quantitative estimate of drug-likeness (QED) is 0.0495. The van der Waals surface area contributed by atoms with Gasteiger partial charge in [-0.3, -0.25) is 9.59 Å². The van der Waals surface area contributed by atoms with E-state index >= 15 is 0 Å². The second kappa shape index (κ2) is 38.1. The summed E-state index contributed by atoms with van der Waals surface area (Å²) >= 11 is 0. The van der Waals surface area contributed by atoms with Crippen molar-refractivity contribution < 1.29 is 24.2 Å². The van der Waals surface area contributed by atoms with Crippen LogP contribution in [0.25, 0.3) is 0 Å². The Kier molecular flexibility index (Phi) is 35.8. The van der Waals surface area contributed by atoms with E-state index in [0.717, 1.165) is 58.2 Å². The van der Waals surface area contributed by atoms with Gasteiger partial charge in [-0.2, -0.15) is 0 Å². The molecule has 0 amide bonds. The lowest BCUT2D eigenvalue weighted by Gasteiger charge is -2.26. The molecule has 1 saturated heterocycles. The minimum atomic E-state index is -0.708. The van der Waals surface area contributed by atoms with Crippen LogP contribution < -0.4 is 0 Å². The van der Waals surface area contributed by atoms with Crippen molar-refractivity contribution in [2.24, 2.45) is 0 Å². The van der Waals surface area contributed by atoms with Crippen LogP contribution in [0.5, 0.6) is 0 Å². The molecule has 1 atom stereocenters. The number of rotatable bonds is 40. The van der Waals surface area contributed by atoms with Crippen molar-refractivity contribution in [1.82, 2.24) is 9.80 Å². The summed E-state index contributed by atoms with van der Waals surface area (Å²) in [7, 11) is 0. The number of esters is 2. The van der Waals surface area contributed by atoms with E-state index in [0.29, 0.717) is 26.0 Å². The molecule has 0 saturated carbocycles. The number of ether oxygens (including phenoxy) is 2. The summed E-state index contributed by atoms with van der Waals surface area (Å²) in [5.74, 6) is -0.280. The molecule has 0 aromatic carbocycles. The number of aliphatic hydroxyl groups is 1. The second-order valence-electron chi connectivity index (χ2n) is 16.1. The molecule has 0 aromatic rings. The molecule has 7 nitrogen and oxygen atoms in total. The number of likely N-dealkylation sites (tertiary alicyclic amines) is 1. The molecule has 0 bridgehead atoms. The predicted molar refractivity (Wildman–Crippen MR) is 220 cm³/mol. The summed E-state index contributed by atoms with van der Waals surface area (Å²) in [6.45, 7) is 10.6. The molecule has 1 rings (SSSR count). The Morgan fingerprint density at radius 3 is 1.37 bits per heavy atom. The maximum Gasteiger partial charge on any atom is 0.305 e. The lowest BCUT2D eigenvalue weighted by molar-refractivity contribution is -0.147. The first-order valence-corrected chi connectivity index (χ1v) is 23.0. The van der Waals surface area contributed by atoms with E-state index in [1.165, 1.54) is 167 Å². The van der Waals surface area contributed by atoms with Crippen LogP contribution in [-0.2, 0) is 19.1 Å². The van der Waals surface area contributed by atoms with E-state index in [1.807, 2.05) is 0 Å². The molecule has 1 heterocycles. The number of hydrogen-bond donors (Lipinski definition) is 1. The first-order valence-electron chi connectivity index (χ1n) is 23.0. The molecule has 0 radical (unpaired) electrons. The average Bonchev–Trinajstić information content (AvgIpc) is 3.66. The highest BCUT2D eigenvalue weighted by Crippen LogP contribution is 2.15. The molecule has 1 fully saturated rings. The Bertz CT molecular complexity index is 775. The Balaban J connectivity index is 2.12. The Morgan fingerprint density at radius 1 is 0.538 bits per heavy atom. The van der Waals surface area contributed by atoms with Crippen molar-refractivity contribution >= 4 is 11.9 Å². The van der Waals surface area contributed by atoms with Crippen molar-refractivity contribution in [3.8, 4) is 0 Å². The number of unbranched alkanes of at least 4 members (excludes halogenated alkanes) is 24. The first kappa shape index (κ1) is 48.8. The van der Waals surface area contributed by atoms with Gasteiger partial charge in [0.15, 0.2) is 0 Å². The van der Waals surface area contributed by atoms with Crippen molar-refractivity contribution in [3.05, 3.63) is 0 Å². The zero-order valence-corrected chi connectivity index (χ0v) is 34.8. The van der Waals surface area contributed by atoms with Gasteiger partial charge >= 0.3 is 11.9 Å². The third-order valence-corrected chi connectivity index (χ3v) is 10.9. The van der Waals surface area contributed by atoms with E-state index in [9.17, 15) is 14.7 Å². The summed E-state index contributed by atoms with van der Waals surface area (Å²) in [5, 5.41) is 10.7. The fraction of sp³-hybridized carbons (Fsp3) is 0.956. The summed E-state index contributed by atoms with van der Waals surface area (Å²) in [5.41, 5.74) is 0.